The largest absolute Gasteiger partial charge is 0.462 e. The van der Waals surface area contributed by atoms with Crippen molar-refractivity contribution in [3.8, 4) is 0 Å². The average molecular weight is 399 g/mol. The molecule has 2 rings (SSSR count). The number of esters is 1. The highest BCUT2D eigenvalue weighted by Crippen LogP contribution is 2.42. The third kappa shape index (κ3) is 4.84. The molecule has 26 heavy (non-hydrogen) atoms. The Morgan fingerprint density at radius 2 is 1.96 bits per heavy atom. The number of likely N-dealkylation sites (tertiary alicyclic amines) is 1. The molecule has 0 saturated carbocycles. The highest BCUT2D eigenvalue weighted by Gasteiger charge is 2.36. The molecule has 1 saturated heterocycles. The summed E-state index contributed by atoms with van der Waals surface area (Å²) in [6.45, 7) is 1.47. The Balaban J connectivity index is 2.36. The van der Waals surface area contributed by atoms with E-state index in [2.05, 4.69) is 4.99 Å². The SMILES string of the molecule is CCOC(=O)c1ccc(C(F)(F)F)c(/N=C/N2CCC(F)(F)CC2)c1Cl. The molecule has 0 spiro atoms. The van der Waals surface area contributed by atoms with E-state index in [1.54, 1.807) is 6.92 Å². The summed E-state index contributed by atoms with van der Waals surface area (Å²) in [5.41, 5.74) is -2.03. The normalized spacial score (nSPS) is 17.6. The molecule has 1 fully saturated rings. The van der Waals surface area contributed by atoms with E-state index in [9.17, 15) is 26.7 Å². The van der Waals surface area contributed by atoms with Gasteiger partial charge >= 0.3 is 12.1 Å². The summed E-state index contributed by atoms with van der Waals surface area (Å²) in [6.07, 6.45) is -4.54. The number of nitrogens with zero attached hydrogens (tertiary/aromatic N) is 2. The molecule has 1 aromatic rings. The molecule has 0 radical (unpaired) electrons. The molecule has 144 valence electrons. The van der Waals surface area contributed by atoms with Crippen molar-refractivity contribution in [2.75, 3.05) is 19.7 Å². The van der Waals surface area contributed by atoms with Crippen LogP contribution in [0.4, 0.5) is 27.6 Å². The minimum Gasteiger partial charge on any atom is -0.462 e. The number of rotatable bonds is 4. The number of aliphatic imine (C=N–C) groups is 1. The van der Waals surface area contributed by atoms with Gasteiger partial charge in [0.05, 0.1) is 34.8 Å². The Morgan fingerprint density at radius 3 is 2.50 bits per heavy atom. The van der Waals surface area contributed by atoms with Crippen LogP contribution in [0.15, 0.2) is 17.1 Å². The molecule has 1 aliphatic rings. The Hall–Kier alpha value is -1.90. The molecular formula is C16H16ClF5N2O2. The maximum absolute atomic E-state index is 13.2. The first-order valence-corrected chi connectivity index (χ1v) is 8.16. The average Bonchev–Trinajstić information content (AvgIpc) is 2.53. The third-order valence-corrected chi connectivity index (χ3v) is 4.18. The zero-order chi connectivity index (χ0) is 19.5. The van der Waals surface area contributed by atoms with Crippen molar-refractivity contribution in [3.05, 3.63) is 28.3 Å². The summed E-state index contributed by atoms with van der Waals surface area (Å²) >= 11 is 5.96. The highest BCUT2D eigenvalue weighted by atomic mass is 35.5. The lowest BCUT2D eigenvalue weighted by atomic mass is 10.1. The van der Waals surface area contributed by atoms with Crippen LogP contribution in [0.1, 0.15) is 35.7 Å². The number of carbonyl (C=O) groups is 1. The van der Waals surface area contributed by atoms with Crippen molar-refractivity contribution in [1.82, 2.24) is 4.90 Å². The van der Waals surface area contributed by atoms with Crippen LogP contribution in [0, 0.1) is 0 Å². The molecule has 10 heteroatoms. The van der Waals surface area contributed by atoms with Gasteiger partial charge in [-0.2, -0.15) is 13.2 Å². The first-order chi connectivity index (χ1) is 12.0. The molecule has 1 heterocycles. The Labute approximate surface area is 151 Å². The van der Waals surface area contributed by atoms with Crippen LogP contribution in [0.2, 0.25) is 5.02 Å². The maximum atomic E-state index is 13.2. The second kappa shape index (κ2) is 7.77. The Morgan fingerprint density at radius 1 is 1.35 bits per heavy atom. The van der Waals surface area contributed by atoms with Gasteiger partial charge < -0.3 is 9.64 Å². The van der Waals surface area contributed by atoms with Gasteiger partial charge in [-0.1, -0.05) is 11.6 Å². The molecule has 0 amide bonds. The van der Waals surface area contributed by atoms with Gasteiger partial charge in [0.2, 0.25) is 0 Å². The van der Waals surface area contributed by atoms with E-state index in [1.165, 1.54) is 4.90 Å². The highest BCUT2D eigenvalue weighted by molar-refractivity contribution is 6.36. The fraction of sp³-hybridized carbons (Fsp3) is 0.500. The number of hydrogen-bond acceptors (Lipinski definition) is 3. The smallest absolute Gasteiger partial charge is 0.418 e. The van der Waals surface area contributed by atoms with Gasteiger partial charge in [-0.05, 0) is 19.1 Å². The van der Waals surface area contributed by atoms with E-state index in [0.29, 0.717) is 6.07 Å². The monoisotopic (exact) mass is 398 g/mol. The standard InChI is InChI=1S/C16H16ClF5N2O2/c1-2-26-14(25)10-3-4-11(16(20,21)22)13(12(10)17)23-9-24-7-5-15(18,19)6-8-24/h3-4,9H,2,5-8H2,1H3/b23-9+. The lowest BCUT2D eigenvalue weighted by molar-refractivity contribution is -0.137. The summed E-state index contributed by atoms with van der Waals surface area (Å²) in [6, 6.07) is 1.61. The minimum atomic E-state index is -4.75. The Kier molecular flexibility index (Phi) is 6.10. The molecular weight excluding hydrogens is 383 g/mol. The van der Waals surface area contributed by atoms with Crippen LogP contribution in [-0.4, -0.2) is 42.8 Å². The van der Waals surface area contributed by atoms with Gasteiger partial charge in [-0.3, -0.25) is 0 Å². The molecule has 0 bridgehead atoms. The van der Waals surface area contributed by atoms with Crippen LogP contribution in [-0.2, 0) is 10.9 Å². The van der Waals surface area contributed by atoms with Crippen molar-refractivity contribution in [1.29, 1.82) is 0 Å². The predicted octanol–water partition coefficient (Wildman–Crippen LogP) is 4.93. The van der Waals surface area contributed by atoms with Gasteiger partial charge in [0, 0.05) is 25.9 Å². The van der Waals surface area contributed by atoms with Crippen molar-refractivity contribution in [2.24, 2.45) is 4.99 Å². The van der Waals surface area contributed by atoms with Crippen molar-refractivity contribution < 1.29 is 31.5 Å². The summed E-state index contributed by atoms with van der Waals surface area (Å²) in [7, 11) is 0. The van der Waals surface area contributed by atoms with Crippen molar-refractivity contribution in [2.45, 2.75) is 31.9 Å². The second-order valence-electron chi connectivity index (χ2n) is 5.68. The number of alkyl halides is 5. The zero-order valence-electron chi connectivity index (χ0n) is 13.7. The van der Waals surface area contributed by atoms with Gasteiger partial charge in [-0.25, -0.2) is 18.6 Å². The van der Waals surface area contributed by atoms with Gasteiger partial charge in [0.25, 0.3) is 5.92 Å². The van der Waals surface area contributed by atoms with E-state index < -0.39 is 47.2 Å². The predicted molar refractivity (Wildman–Crippen MR) is 86.3 cm³/mol. The molecule has 0 unspecified atom stereocenters. The molecule has 1 aromatic carbocycles. The number of carbonyl (C=O) groups excluding carboxylic acids is 1. The van der Waals surface area contributed by atoms with Crippen molar-refractivity contribution >= 4 is 29.6 Å². The molecule has 0 atom stereocenters. The fourth-order valence-corrected chi connectivity index (χ4v) is 2.68. The molecule has 0 N–H and O–H groups in total. The molecule has 4 nitrogen and oxygen atoms in total. The van der Waals surface area contributed by atoms with E-state index >= 15 is 0 Å². The molecule has 1 aliphatic heterocycles. The number of benzene rings is 1. The Bertz CT molecular complexity index is 697. The number of hydrogen-bond donors (Lipinski definition) is 0. The lowest BCUT2D eigenvalue weighted by Gasteiger charge is -2.30. The summed E-state index contributed by atoms with van der Waals surface area (Å²) in [5.74, 6) is -3.66. The molecule has 0 aromatic heterocycles. The van der Waals surface area contributed by atoms with Crippen LogP contribution in [0.25, 0.3) is 0 Å². The lowest BCUT2D eigenvalue weighted by Crippen LogP contribution is -2.38. The summed E-state index contributed by atoms with van der Waals surface area (Å²) in [5, 5.41) is -0.503. The maximum Gasteiger partial charge on any atom is 0.418 e. The number of halogens is 6. The van der Waals surface area contributed by atoms with Gasteiger partial charge in [0.15, 0.2) is 0 Å². The zero-order valence-corrected chi connectivity index (χ0v) is 14.5. The molecule has 0 aliphatic carbocycles. The van der Waals surface area contributed by atoms with E-state index in [0.717, 1.165) is 12.4 Å². The first-order valence-electron chi connectivity index (χ1n) is 7.78. The summed E-state index contributed by atoms with van der Waals surface area (Å²) < 4.78 is 70.7. The van der Waals surface area contributed by atoms with E-state index in [1.807, 2.05) is 0 Å². The number of ether oxygens (including phenoxy) is 1. The number of piperidine rings is 1. The summed E-state index contributed by atoms with van der Waals surface area (Å²) in [4.78, 5) is 16.9. The topological polar surface area (TPSA) is 41.9 Å². The minimum absolute atomic E-state index is 0.0246. The first kappa shape index (κ1) is 20.4. The van der Waals surface area contributed by atoms with Crippen molar-refractivity contribution in [3.63, 3.8) is 0 Å². The van der Waals surface area contributed by atoms with Crippen LogP contribution >= 0.6 is 11.6 Å². The third-order valence-electron chi connectivity index (χ3n) is 3.80. The van der Waals surface area contributed by atoms with Crippen LogP contribution < -0.4 is 0 Å². The van der Waals surface area contributed by atoms with E-state index in [4.69, 9.17) is 16.3 Å². The fourth-order valence-electron chi connectivity index (χ4n) is 2.39. The van der Waals surface area contributed by atoms with Gasteiger partial charge in [-0.15, -0.1) is 0 Å². The van der Waals surface area contributed by atoms with Gasteiger partial charge in [0.1, 0.15) is 0 Å². The second-order valence-corrected chi connectivity index (χ2v) is 6.06. The quantitative estimate of drug-likeness (QED) is 0.313. The van der Waals surface area contributed by atoms with Crippen LogP contribution in [0.3, 0.4) is 0 Å². The van der Waals surface area contributed by atoms with Crippen LogP contribution in [0.5, 0.6) is 0 Å². The van der Waals surface area contributed by atoms with E-state index in [-0.39, 0.29) is 25.3 Å².